The lowest BCUT2D eigenvalue weighted by Gasteiger charge is -2.35. The number of amides is 1. The minimum Gasteiger partial charge on any atom is -0.481 e. The third-order valence-electron chi connectivity index (χ3n) is 4.61. The van der Waals surface area contributed by atoms with E-state index in [0.717, 1.165) is 48.7 Å². The molecule has 0 saturated carbocycles. The van der Waals surface area contributed by atoms with E-state index in [1.807, 2.05) is 59.6 Å². The smallest absolute Gasteiger partial charge is 0.307 e. The highest BCUT2D eigenvalue weighted by molar-refractivity contribution is 5.74. The Kier molecular flexibility index (Phi) is 5.86. The number of hydrogen-bond acceptors (Lipinski definition) is 4. The number of anilines is 1. The SMILES string of the molecule is CC(=O)N1CCN(c2ccc(C=Cc3cccc(CC(=O)O)c3)nc2)CC1. The zero-order valence-electron chi connectivity index (χ0n) is 15.3. The first-order valence-corrected chi connectivity index (χ1v) is 8.96. The van der Waals surface area contributed by atoms with Crippen LogP contribution in [0.1, 0.15) is 23.7 Å². The van der Waals surface area contributed by atoms with E-state index in [1.165, 1.54) is 0 Å². The Morgan fingerprint density at radius 1 is 1.11 bits per heavy atom. The number of carbonyl (C=O) groups is 2. The molecule has 0 bridgehead atoms. The number of benzene rings is 1. The Bertz CT molecular complexity index is 838. The quantitative estimate of drug-likeness (QED) is 0.881. The molecule has 1 aliphatic rings. The maximum atomic E-state index is 11.4. The zero-order chi connectivity index (χ0) is 19.2. The summed E-state index contributed by atoms with van der Waals surface area (Å²) >= 11 is 0. The molecule has 0 spiro atoms. The molecule has 27 heavy (non-hydrogen) atoms. The number of nitrogens with zero attached hydrogens (tertiary/aromatic N) is 3. The van der Waals surface area contributed by atoms with Crippen LogP contribution in [-0.2, 0) is 16.0 Å². The molecule has 0 aliphatic carbocycles. The molecule has 0 radical (unpaired) electrons. The van der Waals surface area contributed by atoms with Crippen molar-refractivity contribution in [2.24, 2.45) is 0 Å². The van der Waals surface area contributed by atoms with Gasteiger partial charge in [0.25, 0.3) is 0 Å². The van der Waals surface area contributed by atoms with Crippen LogP contribution in [0.2, 0.25) is 0 Å². The maximum absolute atomic E-state index is 11.4. The van der Waals surface area contributed by atoms with Crippen LogP contribution in [0.15, 0.2) is 42.6 Å². The van der Waals surface area contributed by atoms with E-state index in [2.05, 4.69) is 9.88 Å². The van der Waals surface area contributed by atoms with Crippen molar-refractivity contribution in [3.05, 3.63) is 59.4 Å². The molecule has 2 aromatic rings. The summed E-state index contributed by atoms with van der Waals surface area (Å²) in [7, 11) is 0. The van der Waals surface area contributed by atoms with Crippen LogP contribution in [0.4, 0.5) is 5.69 Å². The van der Waals surface area contributed by atoms with Crippen molar-refractivity contribution in [1.29, 1.82) is 0 Å². The topological polar surface area (TPSA) is 73.7 Å². The Morgan fingerprint density at radius 2 is 1.89 bits per heavy atom. The second kappa shape index (κ2) is 8.49. The van der Waals surface area contributed by atoms with Crippen molar-refractivity contribution in [3.8, 4) is 0 Å². The van der Waals surface area contributed by atoms with Crippen LogP contribution in [0.25, 0.3) is 12.2 Å². The van der Waals surface area contributed by atoms with Crippen LogP contribution in [0, 0.1) is 0 Å². The lowest BCUT2D eigenvalue weighted by atomic mass is 10.1. The molecular formula is C21H23N3O3. The van der Waals surface area contributed by atoms with Crippen LogP contribution in [0.5, 0.6) is 0 Å². The normalized spacial score (nSPS) is 14.6. The highest BCUT2D eigenvalue weighted by atomic mass is 16.4. The lowest BCUT2D eigenvalue weighted by Crippen LogP contribution is -2.48. The molecule has 1 aliphatic heterocycles. The molecular weight excluding hydrogens is 342 g/mol. The average molecular weight is 365 g/mol. The summed E-state index contributed by atoms with van der Waals surface area (Å²) in [6.45, 7) is 4.71. The number of pyridine rings is 1. The molecule has 0 atom stereocenters. The van der Waals surface area contributed by atoms with E-state index in [9.17, 15) is 9.59 Å². The van der Waals surface area contributed by atoms with Crippen LogP contribution in [0.3, 0.4) is 0 Å². The van der Waals surface area contributed by atoms with Gasteiger partial charge in [-0.05, 0) is 29.3 Å². The molecule has 1 amide bonds. The van der Waals surface area contributed by atoms with E-state index < -0.39 is 5.97 Å². The Balaban J connectivity index is 1.62. The van der Waals surface area contributed by atoms with Crippen LogP contribution < -0.4 is 4.90 Å². The largest absolute Gasteiger partial charge is 0.481 e. The number of carboxylic acid groups (broad SMARTS) is 1. The monoisotopic (exact) mass is 365 g/mol. The third-order valence-corrected chi connectivity index (χ3v) is 4.61. The van der Waals surface area contributed by atoms with Gasteiger partial charge in [0.1, 0.15) is 0 Å². The van der Waals surface area contributed by atoms with E-state index in [-0.39, 0.29) is 12.3 Å². The van der Waals surface area contributed by atoms with Gasteiger partial charge in [-0.1, -0.05) is 30.3 Å². The van der Waals surface area contributed by atoms with Gasteiger partial charge in [-0.3, -0.25) is 14.6 Å². The predicted octanol–water partition coefficient (Wildman–Crippen LogP) is 2.55. The van der Waals surface area contributed by atoms with Crippen molar-refractivity contribution in [3.63, 3.8) is 0 Å². The zero-order valence-corrected chi connectivity index (χ0v) is 15.3. The van der Waals surface area contributed by atoms with Gasteiger partial charge in [0, 0.05) is 33.1 Å². The summed E-state index contributed by atoms with van der Waals surface area (Å²) in [5.41, 5.74) is 3.61. The minimum atomic E-state index is -0.836. The van der Waals surface area contributed by atoms with Gasteiger partial charge in [-0.25, -0.2) is 0 Å². The fourth-order valence-electron chi connectivity index (χ4n) is 3.13. The number of aliphatic carboxylic acids is 1. The Labute approximate surface area is 158 Å². The first-order chi connectivity index (χ1) is 13.0. The lowest BCUT2D eigenvalue weighted by molar-refractivity contribution is -0.136. The van der Waals surface area contributed by atoms with Gasteiger partial charge in [-0.15, -0.1) is 0 Å². The molecule has 1 saturated heterocycles. The van der Waals surface area contributed by atoms with Gasteiger partial charge < -0.3 is 14.9 Å². The molecule has 0 unspecified atom stereocenters. The molecule has 2 heterocycles. The van der Waals surface area contributed by atoms with E-state index in [4.69, 9.17) is 5.11 Å². The average Bonchev–Trinajstić information content (AvgIpc) is 2.67. The summed E-state index contributed by atoms with van der Waals surface area (Å²) in [5, 5.41) is 8.89. The number of hydrogen-bond donors (Lipinski definition) is 1. The van der Waals surface area contributed by atoms with Gasteiger partial charge in [0.15, 0.2) is 0 Å². The fourth-order valence-corrected chi connectivity index (χ4v) is 3.13. The van der Waals surface area contributed by atoms with Gasteiger partial charge in [0.05, 0.1) is 24.0 Å². The molecule has 1 aromatic carbocycles. The van der Waals surface area contributed by atoms with E-state index in [1.54, 1.807) is 6.92 Å². The first-order valence-electron chi connectivity index (χ1n) is 8.96. The van der Waals surface area contributed by atoms with E-state index in [0.29, 0.717) is 0 Å². The Hall–Kier alpha value is -3.15. The maximum Gasteiger partial charge on any atom is 0.307 e. The van der Waals surface area contributed by atoms with Crippen molar-refractivity contribution in [2.75, 3.05) is 31.1 Å². The summed E-state index contributed by atoms with van der Waals surface area (Å²) in [5.74, 6) is -0.710. The van der Waals surface area contributed by atoms with Gasteiger partial charge >= 0.3 is 5.97 Å². The summed E-state index contributed by atoms with van der Waals surface area (Å²) in [6, 6.07) is 11.5. The molecule has 140 valence electrons. The van der Waals surface area contributed by atoms with Crippen molar-refractivity contribution >= 4 is 29.7 Å². The second-order valence-corrected chi connectivity index (χ2v) is 6.58. The van der Waals surface area contributed by atoms with Crippen molar-refractivity contribution in [1.82, 2.24) is 9.88 Å². The first kappa shape index (κ1) is 18.6. The number of carbonyl (C=O) groups excluding carboxylic acids is 1. The van der Waals surface area contributed by atoms with Crippen LogP contribution >= 0.6 is 0 Å². The highest BCUT2D eigenvalue weighted by Crippen LogP contribution is 2.17. The molecule has 1 fully saturated rings. The minimum absolute atomic E-state index is 0.0194. The summed E-state index contributed by atoms with van der Waals surface area (Å²) < 4.78 is 0. The van der Waals surface area contributed by atoms with Gasteiger partial charge in [0.2, 0.25) is 5.91 Å². The summed E-state index contributed by atoms with van der Waals surface area (Å²) in [6.07, 6.45) is 5.71. The Morgan fingerprint density at radius 3 is 2.52 bits per heavy atom. The summed E-state index contributed by atoms with van der Waals surface area (Å²) in [4.78, 5) is 30.8. The molecule has 6 nitrogen and oxygen atoms in total. The predicted molar refractivity (Wildman–Crippen MR) is 105 cm³/mol. The number of rotatable bonds is 5. The third kappa shape index (κ3) is 5.17. The number of carboxylic acids is 1. The van der Waals surface area contributed by atoms with E-state index >= 15 is 0 Å². The molecule has 3 rings (SSSR count). The van der Waals surface area contributed by atoms with Gasteiger partial charge in [-0.2, -0.15) is 0 Å². The molecule has 1 aromatic heterocycles. The molecule has 1 N–H and O–H groups in total. The second-order valence-electron chi connectivity index (χ2n) is 6.58. The highest BCUT2D eigenvalue weighted by Gasteiger charge is 2.18. The van der Waals surface area contributed by atoms with Crippen molar-refractivity contribution < 1.29 is 14.7 Å². The number of aromatic nitrogens is 1. The number of piperazine rings is 1. The molecule has 6 heteroatoms. The van der Waals surface area contributed by atoms with Crippen LogP contribution in [-0.4, -0.2) is 53.0 Å². The van der Waals surface area contributed by atoms with Crippen molar-refractivity contribution in [2.45, 2.75) is 13.3 Å². The standard InChI is InChI=1S/C21H23N3O3/c1-16(25)23-9-11-24(12-10-23)20-8-7-19(22-15-20)6-5-17-3-2-4-18(13-17)14-21(26)27/h2-8,13,15H,9-12,14H2,1H3,(H,26,27). The fraction of sp³-hybridized carbons (Fsp3) is 0.286.